The number of nitrogens with one attached hydrogen (secondary N) is 1. The summed E-state index contributed by atoms with van der Waals surface area (Å²) in [5.74, 6) is 0. The predicted octanol–water partition coefficient (Wildman–Crippen LogP) is 1.49. The molecule has 2 amide bonds. The largest absolute Gasteiger partial charge is 0.445 e. The predicted molar refractivity (Wildman–Crippen MR) is 57.5 cm³/mol. The Hall–Kier alpha value is -1.09. The van der Waals surface area contributed by atoms with Crippen molar-refractivity contribution < 1.29 is 18.8 Å². The van der Waals surface area contributed by atoms with E-state index in [0.717, 1.165) is 4.31 Å². The summed E-state index contributed by atoms with van der Waals surface area (Å²) in [6, 6.07) is 0. The molecule has 0 heterocycles. The van der Waals surface area contributed by atoms with Gasteiger partial charge in [-0.25, -0.2) is 23.7 Å². The van der Waals surface area contributed by atoms with Crippen LogP contribution >= 0.6 is 24.4 Å². The summed E-state index contributed by atoms with van der Waals surface area (Å²) in [5, 5.41) is 0. The minimum atomic E-state index is -1.67. The molecule has 15 heavy (non-hydrogen) atoms. The van der Waals surface area contributed by atoms with Gasteiger partial charge in [0.05, 0.1) is 12.1 Å². The Kier molecular flexibility index (Phi) is 5.94. The number of carbonyl (C=O) groups is 2. The fourth-order valence-electron chi connectivity index (χ4n) is 0.429. The number of nitrogens with zero attached hydrogens (tertiary/aromatic N) is 2. The summed E-state index contributed by atoms with van der Waals surface area (Å²) < 4.78 is 13.6. The molecule has 86 valence electrons. The number of rotatable bonds is 2. The molecule has 0 spiro atoms. The zero-order valence-electron chi connectivity index (χ0n) is 8.31. The van der Waals surface area contributed by atoms with Gasteiger partial charge in [0.2, 0.25) is 0 Å². The van der Waals surface area contributed by atoms with E-state index in [1.54, 1.807) is 0 Å². The third-order valence-corrected chi connectivity index (χ3v) is 1.90. The van der Waals surface area contributed by atoms with Crippen LogP contribution in [0.5, 0.6) is 0 Å². The average Bonchev–Trinajstić information content (AvgIpc) is 2.13. The normalized spacial score (nSPS) is 9.07. The van der Waals surface area contributed by atoms with Crippen LogP contribution in [0, 0.1) is 0 Å². The fourth-order valence-corrected chi connectivity index (χ4v) is 1.01. The standard InChI is InChI=1S/C6H10FN3O3S2/c1-4(14)8-13-6(12)10(3)15-9(2)5(7)11/h1-3H3,(H,8,14). The van der Waals surface area contributed by atoms with Gasteiger partial charge < -0.3 is 4.84 Å². The summed E-state index contributed by atoms with van der Waals surface area (Å²) in [6.45, 7) is 1.52. The number of thiocarbonyl (C=S) groups is 1. The van der Waals surface area contributed by atoms with Crippen LogP contribution in [-0.2, 0) is 4.84 Å². The van der Waals surface area contributed by atoms with E-state index in [-0.39, 0.29) is 4.99 Å². The first-order chi connectivity index (χ1) is 6.84. The van der Waals surface area contributed by atoms with Gasteiger partial charge in [0.25, 0.3) is 0 Å². The molecule has 0 aromatic rings. The Labute approximate surface area is 95.9 Å². The first-order valence-corrected chi connectivity index (χ1v) is 4.80. The molecule has 6 nitrogen and oxygen atoms in total. The SMILES string of the molecule is CC(=S)NOC(=O)N(C)SN(C)C(=O)F. The first-order valence-electron chi connectivity index (χ1n) is 3.67. The van der Waals surface area contributed by atoms with Gasteiger partial charge in [-0.3, -0.25) is 0 Å². The molecule has 0 saturated carbocycles. The van der Waals surface area contributed by atoms with Crippen molar-refractivity contribution in [1.82, 2.24) is 14.1 Å². The monoisotopic (exact) mass is 255 g/mol. The molecule has 0 bridgehead atoms. The number of hydrogen-bond acceptors (Lipinski definition) is 5. The second-order valence-electron chi connectivity index (χ2n) is 2.36. The van der Waals surface area contributed by atoms with Gasteiger partial charge in [-0.15, -0.1) is 4.39 Å². The van der Waals surface area contributed by atoms with E-state index in [1.165, 1.54) is 21.0 Å². The number of hydroxylamine groups is 1. The summed E-state index contributed by atoms with van der Waals surface area (Å²) in [6.07, 6.45) is -2.48. The molecule has 0 aliphatic carbocycles. The van der Waals surface area contributed by atoms with Crippen molar-refractivity contribution in [3.05, 3.63) is 0 Å². The van der Waals surface area contributed by atoms with Crippen LogP contribution in [0.1, 0.15) is 6.92 Å². The molecule has 0 unspecified atom stereocenters. The van der Waals surface area contributed by atoms with E-state index >= 15 is 0 Å². The highest BCUT2D eigenvalue weighted by Gasteiger charge is 2.17. The first kappa shape index (κ1) is 13.9. The van der Waals surface area contributed by atoms with E-state index in [2.05, 4.69) is 22.5 Å². The molecule has 0 aromatic carbocycles. The van der Waals surface area contributed by atoms with Crippen LogP contribution in [0.2, 0.25) is 0 Å². The van der Waals surface area contributed by atoms with Crippen LogP contribution < -0.4 is 5.48 Å². The highest BCUT2D eigenvalue weighted by atomic mass is 32.2. The molecule has 0 rings (SSSR count). The highest BCUT2D eigenvalue weighted by Crippen LogP contribution is 2.13. The van der Waals surface area contributed by atoms with Crippen molar-refractivity contribution >= 4 is 41.6 Å². The van der Waals surface area contributed by atoms with E-state index < -0.39 is 12.3 Å². The van der Waals surface area contributed by atoms with Crippen molar-refractivity contribution in [2.75, 3.05) is 14.1 Å². The maximum Gasteiger partial charge on any atom is 0.445 e. The number of amides is 2. The second kappa shape index (κ2) is 6.40. The molecule has 0 radical (unpaired) electrons. The van der Waals surface area contributed by atoms with Gasteiger partial charge in [0.1, 0.15) is 4.99 Å². The quantitative estimate of drug-likeness (QED) is 0.265. The molecule has 9 heteroatoms. The number of hydrogen-bond donors (Lipinski definition) is 1. The fraction of sp³-hybridized carbons (Fsp3) is 0.500. The Bertz CT molecular complexity index is 276. The van der Waals surface area contributed by atoms with Crippen molar-refractivity contribution in [3.8, 4) is 0 Å². The molecule has 0 fully saturated rings. The molecule has 0 saturated heterocycles. The Morgan fingerprint density at radius 1 is 1.40 bits per heavy atom. The van der Waals surface area contributed by atoms with Crippen LogP contribution in [0.4, 0.5) is 14.0 Å². The lowest BCUT2D eigenvalue weighted by molar-refractivity contribution is 0.107. The van der Waals surface area contributed by atoms with E-state index in [0.29, 0.717) is 16.4 Å². The number of carbonyl (C=O) groups excluding carboxylic acids is 2. The summed E-state index contributed by atoms with van der Waals surface area (Å²) in [5.41, 5.74) is 2.16. The van der Waals surface area contributed by atoms with Gasteiger partial charge in [-0.05, 0) is 6.92 Å². The molecule has 1 N–H and O–H groups in total. The highest BCUT2D eigenvalue weighted by molar-refractivity contribution is 7.95. The third kappa shape index (κ3) is 6.07. The van der Waals surface area contributed by atoms with E-state index in [1.807, 2.05) is 0 Å². The zero-order chi connectivity index (χ0) is 12.0. The Morgan fingerprint density at radius 3 is 2.33 bits per heavy atom. The lowest BCUT2D eigenvalue weighted by atomic mass is 10.8. The van der Waals surface area contributed by atoms with Gasteiger partial charge in [-0.1, -0.05) is 12.2 Å². The average molecular weight is 255 g/mol. The van der Waals surface area contributed by atoms with Crippen molar-refractivity contribution in [2.45, 2.75) is 6.92 Å². The second-order valence-corrected chi connectivity index (χ2v) is 4.23. The molecule has 0 aliphatic heterocycles. The summed E-state index contributed by atoms with van der Waals surface area (Å²) >= 11 is 5.14. The number of halogens is 1. The molecule has 0 aromatic heterocycles. The minimum Gasteiger partial charge on any atom is -0.323 e. The van der Waals surface area contributed by atoms with Gasteiger partial charge in [0.15, 0.2) is 0 Å². The minimum absolute atomic E-state index is 0.275. The van der Waals surface area contributed by atoms with Gasteiger partial charge in [-0.2, -0.15) is 0 Å². The maximum absolute atomic E-state index is 12.1. The van der Waals surface area contributed by atoms with E-state index in [9.17, 15) is 14.0 Å². The van der Waals surface area contributed by atoms with Crippen LogP contribution in [0.25, 0.3) is 0 Å². The summed E-state index contributed by atoms with van der Waals surface area (Å²) in [4.78, 5) is 26.0. The molecular formula is C6H10FN3O3S2. The van der Waals surface area contributed by atoms with Crippen molar-refractivity contribution in [3.63, 3.8) is 0 Å². The van der Waals surface area contributed by atoms with Crippen LogP contribution in [0.15, 0.2) is 0 Å². The van der Waals surface area contributed by atoms with Gasteiger partial charge >= 0.3 is 12.3 Å². The molecule has 0 aliphatic rings. The Balaban J connectivity index is 3.99. The van der Waals surface area contributed by atoms with Crippen molar-refractivity contribution in [2.24, 2.45) is 0 Å². The maximum atomic E-state index is 12.1. The van der Waals surface area contributed by atoms with E-state index in [4.69, 9.17) is 0 Å². The van der Waals surface area contributed by atoms with Gasteiger partial charge in [0, 0.05) is 14.1 Å². The lowest BCUT2D eigenvalue weighted by Gasteiger charge is -2.18. The topological polar surface area (TPSA) is 61.9 Å². The summed E-state index contributed by atoms with van der Waals surface area (Å²) in [7, 11) is 2.49. The molecule has 0 atom stereocenters. The molecular weight excluding hydrogens is 245 g/mol. The lowest BCUT2D eigenvalue weighted by Crippen LogP contribution is -2.32. The smallest absolute Gasteiger partial charge is 0.323 e. The van der Waals surface area contributed by atoms with Crippen molar-refractivity contribution in [1.29, 1.82) is 0 Å². The Morgan fingerprint density at radius 2 is 1.93 bits per heavy atom. The van der Waals surface area contributed by atoms with Crippen LogP contribution in [-0.4, -0.2) is 39.9 Å². The third-order valence-electron chi connectivity index (χ3n) is 1.03. The zero-order valence-corrected chi connectivity index (χ0v) is 9.95. The van der Waals surface area contributed by atoms with Crippen LogP contribution in [0.3, 0.4) is 0 Å².